The highest BCUT2D eigenvalue weighted by atomic mass is 32.2. The molecule has 0 atom stereocenters. The predicted octanol–water partition coefficient (Wildman–Crippen LogP) is 3.77. The topological polar surface area (TPSA) is 72.8 Å². The molecular formula is C17H11F4N3O2S. The molecule has 0 radical (unpaired) electrons. The van der Waals surface area contributed by atoms with E-state index < -0.39 is 27.5 Å². The van der Waals surface area contributed by atoms with Crippen molar-refractivity contribution in [3.05, 3.63) is 60.3 Å². The molecule has 5 nitrogen and oxygen atoms in total. The molecule has 3 aromatic rings. The van der Waals surface area contributed by atoms with Crippen molar-refractivity contribution < 1.29 is 26.0 Å². The molecule has 0 bridgehead atoms. The van der Waals surface area contributed by atoms with Crippen LogP contribution in [-0.2, 0) is 16.0 Å². The van der Waals surface area contributed by atoms with Gasteiger partial charge < -0.3 is 0 Å². The minimum Gasteiger partial charge on any atom is -0.251 e. The molecule has 0 fully saturated rings. The van der Waals surface area contributed by atoms with E-state index in [9.17, 15) is 26.0 Å². The van der Waals surface area contributed by atoms with Crippen LogP contribution in [0.5, 0.6) is 0 Å². The highest BCUT2D eigenvalue weighted by Crippen LogP contribution is 2.30. The minimum atomic E-state index is -4.59. The fourth-order valence-electron chi connectivity index (χ4n) is 2.32. The molecule has 1 aromatic carbocycles. The maximum absolute atomic E-state index is 13.6. The van der Waals surface area contributed by atoms with Crippen LogP contribution in [0.2, 0.25) is 0 Å². The second-order valence-corrected chi connectivity index (χ2v) is 7.60. The van der Waals surface area contributed by atoms with Gasteiger partial charge in [-0.3, -0.25) is 4.98 Å². The summed E-state index contributed by atoms with van der Waals surface area (Å²) in [5.41, 5.74) is -0.786. The van der Waals surface area contributed by atoms with E-state index in [2.05, 4.69) is 15.0 Å². The molecule has 0 saturated carbocycles. The number of halogens is 4. The molecular weight excluding hydrogens is 386 g/mol. The molecule has 0 spiro atoms. The van der Waals surface area contributed by atoms with Crippen LogP contribution in [0.15, 0.2) is 53.7 Å². The Kier molecular flexibility index (Phi) is 4.68. The first-order valence-electron chi connectivity index (χ1n) is 7.42. The van der Waals surface area contributed by atoms with Gasteiger partial charge in [-0.15, -0.1) is 0 Å². The smallest absolute Gasteiger partial charge is 0.251 e. The summed E-state index contributed by atoms with van der Waals surface area (Å²) in [5.74, 6) is -0.633. The van der Waals surface area contributed by atoms with Crippen LogP contribution in [0.25, 0.3) is 22.6 Å². The van der Waals surface area contributed by atoms with E-state index in [1.165, 1.54) is 18.2 Å². The number of alkyl halides is 3. The van der Waals surface area contributed by atoms with Crippen molar-refractivity contribution >= 4 is 9.84 Å². The Labute approximate surface area is 151 Å². The minimum absolute atomic E-state index is 0.0390. The zero-order valence-electron chi connectivity index (χ0n) is 13.7. The molecule has 0 unspecified atom stereocenters. The Hall–Kier alpha value is -2.88. The average Bonchev–Trinajstić information content (AvgIpc) is 2.60. The fourth-order valence-corrected chi connectivity index (χ4v) is 3.08. The van der Waals surface area contributed by atoms with Gasteiger partial charge in [0.1, 0.15) is 16.4 Å². The van der Waals surface area contributed by atoms with Gasteiger partial charge >= 0.3 is 6.18 Å². The Morgan fingerprint density at radius 1 is 0.963 bits per heavy atom. The van der Waals surface area contributed by atoms with Gasteiger partial charge in [0.25, 0.3) is 0 Å². The van der Waals surface area contributed by atoms with Crippen LogP contribution >= 0.6 is 0 Å². The van der Waals surface area contributed by atoms with E-state index in [-0.39, 0.29) is 27.5 Å². The highest BCUT2D eigenvalue weighted by molar-refractivity contribution is 7.90. The van der Waals surface area contributed by atoms with Gasteiger partial charge in [-0.25, -0.2) is 22.8 Å². The summed E-state index contributed by atoms with van der Waals surface area (Å²) in [5, 5.41) is 0. The van der Waals surface area contributed by atoms with E-state index in [0.717, 1.165) is 36.8 Å². The lowest BCUT2D eigenvalue weighted by Gasteiger charge is -2.10. The van der Waals surface area contributed by atoms with Gasteiger partial charge in [-0.1, -0.05) is 12.1 Å². The predicted molar refractivity (Wildman–Crippen MR) is 88.8 cm³/mol. The monoisotopic (exact) mass is 397 g/mol. The number of aromatic nitrogens is 3. The Bertz CT molecular complexity index is 1100. The number of sulfone groups is 1. The first kappa shape index (κ1) is 18.9. The summed E-state index contributed by atoms with van der Waals surface area (Å²) in [7, 11) is -3.73. The molecule has 0 N–H and O–H groups in total. The highest BCUT2D eigenvalue weighted by Gasteiger charge is 2.32. The van der Waals surface area contributed by atoms with Crippen LogP contribution in [0.4, 0.5) is 17.6 Å². The largest absolute Gasteiger partial charge is 0.433 e. The van der Waals surface area contributed by atoms with E-state index in [1.54, 1.807) is 0 Å². The molecule has 140 valence electrons. The van der Waals surface area contributed by atoms with Crippen LogP contribution < -0.4 is 0 Å². The van der Waals surface area contributed by atoms with Gasteiger partial charge in [0, 0.05) is 23.6 Å². The van der Waals surface area contributed by atoms with E-state index in [1.807, 2.05) is 0 Å². The van der Waals surface area contributed by atoms with E-state index in [4.69, 9.17) is 0 Å². The number of hydrogen-bond acceptors (Lipinski definition) is 5. The summed E-state index contributed by atoms with van der Waals surface area (Å²) in [6.45, 7) is 0. The van der Waals surface area contributed by atoms with Gasteiger partial charge in [-0.2, -0.15) is 13.2 Å². The standard InChI is InChI=1S/C17H11F4N3O2S/c1-27(25,26)13-9-23-16(11-5-6-14(22-8-11)17(19,20)21)24-15(13)10-3-2-4-12(18)7-10/h2-9H,1H3. The lowest BCUT2D eigenvalue weighted by Crippen LogP contribution is -2.08. The normalized spacial score (nSPS) is 12.2. The van der Waals surface area contributed by atoms with Crippen molar-refractivity contribution in [1.82, 2.24) is 15.0 Å². The van der Waals surface area contributed by atoms with Gasteiger partial charge in [0.05, 0.1) is 11.9 Å². The molecule has 3 rings (SSSR count). The van der Waals surface area contributed by atoms with Crippen LogP contribution in [0.3, 0.4) is 0 Å². The second kappa shape index (κ2) is 6.69. The molecule has 0 aliphatic heterocycles. The van der Waals surface area contributed by atoms with Crippen LogP contribution in [-0.4, -0.2) is 29.6 Å². The third kappa shape index (κ3) is 4.11. The maximum atomic E-state index is 13.6. The van der Waals surface area contributed by atoms with Crippen molar-refractivity contribution in [2.75, 3.05) is 6.26 Å². The molecule has 27 heavy (non-hydrogen) atoms. The Morgan fingerprint density at radius 3 is 2.26 bits per heavy atom. The number of benzene rings is 1. The first-order valence-corrected chi connectivity index (χ1v) is 9.31. The lowest BCUT2D eigenvalue weighted by molar-refractivity contribution is -0.141. The zero-order chi connectivity index (χ0) is 19.8. The Balaban J connectivity index is 2.15. The second-order valence-electron chi connectivity index (χ2n) is 5.62. The van der Waals surface area contributed by atoms with Crippen molar-refractivity contribution in [3.63, 3.8) is 0 Å². The van der Waals surface area contributed by atoms with Gasteiger partial charge in [-0.05, 0) is 24.3 Å². The van der Waals surface area contributed by atoms with Crippen molar-refractivity contribution in [3.8, 4) is 22.6 Å². The van der Waals surface area contributed by atoms with Gasteiger partial charge in [0.2, 0.25) is 0 Å². The molecule has 2 heterocycles. The summed E-state index contributed by atoms with van der Waals surface area (Å²) in [4.78, 5) is 11.2. The zero-order valence-corrected chi connectivity index (χ0v) is 14.5. The van der Waals surface area contributed by atoms with Crippen LogP contribution in [0.1, 0.15) is 5.69 Å². The molecule has 0 aliphatic carbocycles. The summed E-state index contributed by atoms with van der Waals surface area (Å²) < 4.78 is 75.5. The lowest BCUT2D eigenvalue weighted by atomic mass is 10.1. The maximum Gasteiger partial charge on any atom is 0.433 e. The number of hydrogen-bond donors (Lipinski definition) is 0. The summed E-state index contributed by atoms with van der Waals surface area (Å²) >= 11 is 0. The SMILES string of the molecule is CS(=O)(=O)c1cnc(-c2ccc(C(F)(F)F)nc2)nc1-c1cccc(F)c1. The van der Waals surface area contributed by atoms with E-state index in [0.29, 0.717) is 0 Å². The molecule has 0 amide bonds. The fraction of sp³-hybridized carbons (Fsp3) is 0.118. The molecule has 2 aromatic heterocycles. The first-order chi connectivity index (χ1) is 12.6. The third-order valence-electron chi connectivity index (χ3n) is 3.56. The average molecular weight is 397 g/mol. The van der Waals surface area contributed by atoms with Crippen molar-refractivity contribution in [2.24, 2.45) is 0 Å². The van der Waals surface area contributed by atoms with Crippen molar-refractivity contribution in [1.29, 1.82) is 0 Å². The van der Waals surface area contributed by atoms with Crippen molar-refractivity contribution in [2.45, 2.75) is 11.1 Å². The molecule has 0 saturated heterocycles. The summed E-state index contributed by atoms with van der Waals surface area (Å²) in [6.07, 6.45) is -1.66. The van der Waals surface area contributed by atoms with Gasteiger partial charge in [0.15, 0.2) is 15.7 Å². The third-order valence-corrected chi connectivity index (χ3v) is 4.66. The van der Waals surface area contributed by atoms with Crippen LogP contribution in [0, 0.1) is 5.82 Å². The van der Waals surface area contributed by atoms with E-state index >= 15 is 0 Å². The number of nitrogens with zero attached hydrogens (tertiary/aromatic N) is 3. The molecule has 10 heteroatoms. The quantitative estimate of drug-likeness (QED) is 0.629. The summed E-state index contributed by atoms with van der Waals surface area (Å²) in [6, 6.07) is 7.04. The molecule has 0 aliphatic rings. The number of rotatable bonds is 3. The Morgan fingerprint density at radius 2 is 1.70 bits per heavy atom. The number of pyridine rings is 1.